The number of amides is 2. The van der Waals surface area contributed by atoms with Gasteiger partial charge in [-0.2, -0.15) is 0 Å². The number of carbonyl (C=O) groups is 2. The molecule has 2 aromatic carbocycles. The highest BCUT2D eigenvalue weighted by molar-refractivity contribution is 7.80. The molecule has 1 fully saturated rings. The Labute approximate surface area is 181 Å². The number of fused-ring (bicyclic) bond motifs is 1. The van der Waals surface area contributed by atoms with Gasteiger partial charge in [0.05, 0.1) is 16.6 Å². The van der Waals surface area contributed by atoms with Crippen LogP contribution in [0.4, 0.5) is 5.69 Å². The Morgan fingerprint density at radius 1 is 1.10 bits per heavy atom. The maximum absolute atomic E-state index is 13.1. The van der Waals surface area contributed by atoms with Crippen molar-refractivity contribution < 1.29 is 14.0 Å². The third kappa shape index (κ3) is 3.42. The zero-order valence-electron chi connectivity index (χ0n) is 16.0. The van der Waals surface area contributed by atoms with Crippen LogP contribution in [0.5, 0.6) is 0 Å². The van der Waals surface area contributed by atoms with Crippen molar-refractivity contribution in [2.45, 2.75) is 13.8 Å². The van der Waals surface area contributed by atoms with Crippen LogP contribution in [0.2, 0.25) is 5.02 Å². The zero-order chi connectivity index (χ0) is 21.6. The summed E-state index contributed by atoms with van der Waals surface area (Å²) in [6, 6.07) is 10.1. The van der Waals surface area contributed by atoms with E-state index in [1.165, 1.54) is 17.2 Å². The first-order chi connectivity index (χ1) is 14.3. The summed E-state index contributed by atoms with van der Waals surface area (Å²) in [5.74, 6) is -1.33. The molecule has 1 N–H and O–H groups in total. The normalized spacial score (nSPS) is 15.8. The van der Waals surface area contributed by atoms with E-state index >= 15 is 0 Å². The van der Waals surface area contributed by atoms with Crippen molar-refractivity contribution in [3.05, 3.63) is 80.2 Å². The van der Waals surface area contributed by atoms with Crippen molar-refractivity contribution in [3.63, 3.8) is 0 Å². The number of benzene rings is 2. The van der Waals surface area contributed by atoms with Gasteiger partial charge in [0.1, 0.15) is 17.4 Å². The molecular formula is C22H15ClN2O4S. The van der Waals surface area contributed by atoms with Gasteiger partial charge in [-0.1, -0.05) is 17.7 Å². The molecule has 150 valence electrons. The minimum Gasteiger partial charge on any atom is -0.463 e. The molecule has 1 aliphatic rings. The lowest BCUT2D eigenvalue weighted by Crippen LogP contribution is -2.54. The van der Waals surface area contributed by atoms with Crippen molar-refractivity contribution in [2.24, 2.45) is 0 Å². The van der Waals surface area contributed by atoms with Crippen molar-refractivity contribution in [2.75, 3.05) is 4.90 Å². The highest BCUT2D eigenvalue weighted by Gasteiger charge is 2.34. The van der Waals surface area contributed by atoms with Crippen molar-refractivity contribution >= 4 is 63.5 Å². The molecule has 8 heteroatoms. The van der Waals surface area contributed by atoms with E-state index in [1.807, 2.05) is 19.9 Å². The lowest BCUT2D eigenvalue weighted by Gasteiger charge is -2.28. The van der Waals surface area contributed by atoms with Crippen LogP contribution in [0.1, 0.15) is 16.7 Å². The summed E-state index contributed by atoms with van der Waals surface area (Å²) in [5, 5.41) is 3.33. The van der Waals surface area contributed by atoms with Gasteiger partial charge in [-0.3, -0.25) is 24.6 Å². The first-order valence-electron chi connectivity index (χ1n) is 8.96. The third-order valence-corrected chi connectivity index (χ3v) is 5.27. The summed E-state index contributed by atoms with van der Waals surface area (Å²) in [4.78, 5) is 39.7. The summed E-state index contributed by atoms with van der Waals surface area (Å²) in [5.41, 5.74) is 2.14. The molecule has 2 amide bonds. The fourth-order valence-electron chi connectivity index (χ4n) is 3.37. The van der Waals surface area contributed by atoms with Gasteiger partial charge in [0.25, 0.3) is 11.8 Å². The minimum absolute atomic E-state index is 0.0543. The van der Waals surface area contributed by atoms with Gasteiger partial charge in [0, 0.05) is 5.02 Å². The summed E-state index contributed by atoms with van der Waals surface area (Å²) >= 11 is 11.1. The zero-order valence-corrected chi connectivity index (χ0v) is 17.6. The topological polar surface area (TPSA) is 79.6 Å². The second-order valence-corrected chi connectivity index (χ2v) is 7.73. The van der Waals surface area contributed by atoms with E-state index in [0.29, 0.717) is 21.7 Å². The quantitative estimate of drug-likeness (QED) is 0.373. The lowest BCUT2D eigenvalue weighted by molar-refractivity contribution is -0.122. The average Bonchev–Trinajstić information content (AvgIpc) is 2.67. The first kappa shape index (κ1) is 20.0. The maximum atomic E-state index is 13.1. The molecule has 0 saturated carbocycles. The average molecular weight is 439 g/mol. The summed E-state index contributed by atoms with van der Waals surface area (Å²) in [6.07, 6.45) is 2.48. The summed E-state index contributed by atoms with van der Waals surface area (Å²) in [6.45, 7) is 3.71. The van der Waals surface area contributed by atoms with Crippen LogP contribution in [0, 0.1) is 13.8 Å². The highest BCUT2D eigenvalue weighted by Crippen LogP contribution is 2.24. The number of thiocarbonyl (C=S) groups is 1. The molecule has 3 aromatic rings. The van der Waals surface area contributed by atoms with Crippen LogP contribution in [0.3, 0.4) is 0 Å². The number of rotatable bonds is 2. The van der Waals surface area contributed by atoms with E-state index in [4.69, 9.17) is 28.2 Å². The SMILES string of the molecule is Cc1cc(C)c2c(=O)c(C=C3C(=O)NC(=S)N(c4ccc(Cl)cc4)C3=O)coc2c1. The van der Waals surface area contributed by atoms with Crippen LogP contribution in [-0.4, -0.2) is 16.9 Å². The number of nitrogens with zero attached hydrogens (tertiary/aromatic N) is 1. The standard InChI is InChI=1S/C22H15ClN2O4S/c1-11-7-12(2)18-17(8-11)29-10-13(19(18)26)9-16-20(27)24-22(30)25(21(16)28)15-5-3-14(23)4-6-15/h3-10H,1-2H3,(H,24,27,30). The predicted octanol–water partition coefficient (Wildman–Crippen LogP) is 3.89. The molecule has 0 unspecified atom stereocenters. The van der Waals surface area contributed by atoms with Crippen LogP contribution >= 0.6 is 23.8 Å². The maximum Gasteiger partial charge on any atom is 0.270 e. The number of carbonyl (C=O) groups excluding carboxylic acids is 2. The van der Waals surface area contributed by atoms with Crippen molar-refractivity contribution in [1.29, 1.82) is 0 Å². The largest absolute Gasteiger partial charge is 0.463 e. The van der Waals surface area contributed by atoms with E-state index in [-0.39, 0.29) is 21.7 Å². The van der Waals surface area contributed by atoms with E-state index < -0.39 is 11.8 Å². The number of halogens is 1. The number of hydrogen-bond acceptors (Lipinski definition) is 5. The number of aryl methyl sites for hydroxylation is 2. The van der Waals surface area contributed by atoms with Gasteiger partial charge < -0.3 is 4.42 Å². The Hall–Kier alpha value is -3.29. The molecule has 6 nitrogen and oxygen atoms in total. The van der Waals surface area contributed by atoms with Crippen molar-refractivity contribution in [1.82, 2.24) is 5.32 Å². The van der Waals surface area contributed by atoms with Crippen LogP contribution in [0.15, 0.2) is 57.4 Å². The van der Waals surface area contributed by atoms with Gasteiger partial charge in [0.15, 0.2) is 10.5 Å². The van der Waals surface area contributed by atoms with Gasteiger partial charge in [-0.15, -0.1) is 0 Å². The van der Waals surface area contributed by atoms with E-state index in [9.17, 15) is 14.4 Å². The number of nitrogens with one attached hydrogen (secondary N) is 1. The van der Waals surface area contributed by atoms with Gasteiger partial charge in [0.2, 0.25) is 0 Å². The van der Waals surface area contributed by atoms with E-state index in [2.05, 4.69) is 5.32 Å². The van der Waals surface area contributed by atoms with Crippen LogP contribution in [0.25, 0.3) is 17.0 Å². The Bertz CT molecular complexity index is 1330. The van der Waals surface area contributed by atoms with Crippen LogP contribution < -0.4 is 15.6 Å². The molecule has 30 heavy (non-hydrogen) atoms. The number of anilines is 1. The predicted molar refractivity (Wildman–Crippen MR) is 120 cm³/mol. The first-order valence-corrected chi connectivity index (χ1v) is 9.74. The van der Waals surface area contributed by atoms with Crippen molar-refractivity contribution in [3.8, 4) is 0 Å². The molecule has 0 radical (unpaired) electrons. The molecule has 4 rings (SSSR count). The lowest BCUT2D eigenvalue weighted by atomic mass is 10.0. The second-order valence-electron chi connectivity index (χ2n) is 6.91. The molecular weight excluding hydrogens is 424 g/mol. The molecule has 0 atom stereocenters. The molecule has 1 aliphatic heterocycles. The number of hydrogen-bond donors (Lipinski definition) is 1. The van der Waals surface area contributed by atoms with E-state index in [1.54, 1.807) is 30.3 Å². The third-order valence-electron chi connectivity index (χ3n) is 4.73. The van der Waals surface area contributed by atoms with Gasteiger partial charge in [-0.25, -0.2) is 0 Å². The minimum atomic E-state index is -0.685. The molecule has 2 heterocycles. The molecule has 0 aliphatic carbocycles. The molecule has 1 aromatic heterocycles. The Morgan fingerprint density at radius 2 is 1.80 bits per heavy atom. The summed E-state index contributed by atoms with van der Waals surface area (Å²) in [7, 11) is 0. The second kappa shape index (κ2) is 7.51. The van der Waals surface area contributed by atoms with E-state index in [0.717, 1.165) is 11.1 Å². The summed E-state index contributed by atoms with van der Waals surface area (Å²) < 4.78 is 5.60. The smallest absolute Gasteiger partial charge is 0.270 e. The highest BCUT2D eigenvalue weighted by atomic mass is 35.5. The Balaban J connectivity index is 1.82. The molecule has 0 bridgehead atoms. The fourth-order valence-corrected chi connectivity index (χ4v) is 3.78. The van der Waals surface area contributed by atoms with Crippen LogP contribution in [-0.2, 0) is 9.59 Å². The van der Waals surface area contributed by atoms with Gasteiger partial charge in [-0.05, 0) is 73.6 Å². The monoisotopic (exact) mass is 438 g/mol. The molecule has 0 spiro atoms. The van der Waals surface area contributed by atoms with Gasteiger partial charge >= 0.3 is 0 Å². The Kier molecular flexibility index (Phi) is 5.01. The molecule has 1 saturated heterocycles. The fraction of sp³-hybridized carbons (Fsp3) is 0.0909. The Morgan fingerprint density at radius 3 is 2.50 bits per heavy atom.